The molecule has 25 heavy (non-hydrogen) atoms. The number of aromatic nitrogens is 2. The van der Waals surface area contributed by atoms with E-state index in [9.17, 15) is 4.79 Å². The maximum Gasteiger partial charge on any atom is 0.223 e. The number of pyridine rings is 1. The van der Waals surface area contributed by atoms with Gasteiger partial charge in [-0.2, -0.15) is 0 Å². The molecule has 2 N–H and O–H groups in total. The number of piperidine rings is 1. The van der Waals surface area contributed by atoms with Gasteiger partial charge in [-0.25, -0.2) is 4.98 Å². The first kappa shape index (κ1) is 17.8. The van der Waals surface area contributed by atoms with Gasteiger partial charge in [0.2, 0.25) is 5.91 Å². The lowest BCUT2D eigenvalue weighted by Crippen LogP contribution is -2.41. The molecule has 2 aromatic rings. The van der Waals surface area contributed by atoms with Crippen LogP contribution in [0.15, 0.2) is 18.3 Å². The van der Waals surface area contributed by atoms with Crippen LogP contribution < -0.4 is 10.6 Å². The van der Waals surface area contributed by atoms with Gasteiger partial charge < -0.3 is 10.6 Å². The third-order valence-electron chi connectivity index (χ3n) is 4.17. The van der Waals surface area contributed by atoms with E-state index in [1.807, 2.05) is 20.0 Å². The monoisotopic (exact) mass is 359 g/mol. The first-order chi connectivity index (χ1) is 12.0. The van der Waals surface area contributed by atoms with Crippen molar-refractivity contribution in [3.8, 4) is 0 Å². The van der Waals surface area contributed by atoms with Crippen LogP contribution in [0.3, 0.4) is 0 Å². The molecule has 0 aliphatic carbocycles. The summed E-state index contributed by atoms with van der Waals surface area (Å²) >= 11 is 1.55. The van der Waals surface area contributed by atoms with Crippen molar-refractivity contribution in [1.29, 1.82) is 0 Å². The highest BCUT2D eigenvalue weighted by molar-refractivity contribution is 7.15. The van der Waals surface area contributed by atoms with Crippen molar-refractivity contribution in [2.75, 3.05) is 23.7 Å². The summed E-state index contributed by atoms with van der Waals surface area (Å²) in [6.07, 6.45) is 4.22. The first-order valence-corrected chi connectivity index (χ1v) is 9.46. The van der Waals surface area contributed by atoms with Gasteiger partial charge in [-0.1, -0.05) is 0 Å². The second-order valence-electron chi connectivity index (χ2n) is 6.67. The van der Waals surface area contributed by atoms with Gasteiger partial charge in [0.1, 0.15) is 0 Å². The van der Waals surface area contributed by atoms with Crippen LogP contribution in [0.25, 0.3) is 0 Å². The summed E-state index contributed by atoms with van der Waals surface area (Å²) in [5.41, 5.74) is 3.25. The second-order valence-corrected chi connectivity index (χ2v) is 7.79. The Bertz CT molecular complexity index is 725. The van der Waals surface area contributed by atoms with E-state index >= 15 is 0 Å². The Morgan fingerprint density at radius 1 is 1.36 bits per heavy atom. The predicted molar refractivity (Wildman–Crippen MR) is 102 cm³/mol. The maximum absolute atomic E-state index is 11.1. The molecule has 0 saturated carbocycles. The molecule has 1 amide bonds. The molecular weight excluding hydrogens is 334 g/mol. The zero-order valence-electron chi connectivity index (χ0n) is 15.0. The molecule has 2 aromatic heterocycles. The van der Waals surface area contributed by atoms with Crippen molar-refractivity contribution >= 4 is 28.1 Å². The standard InChI is InChI=1S/C18H25N5OS/c1-12-7-16(8-13(2)20-12)22-15-5-4-6-23(10-15)11-17-9-19-18(25-17)21-14(3)24/h7-9,15H,4-6,10-11H2,1-3H3,(H,20,22)(H,19,21,24). The number of nitrogens with one attached hydrogen (secondary N) is 2. The molecule has 1 unspecified atom stereocenters. The van der Waals surface area contributed by atoms with Gasteiger partial charge in [-0.05, 0) is 45.4 Å². The number of likely N-dealkylation sites (tertiary alicyclic amines) is 1. The van der Waals surface area contributed by atoms with Crippen LogP contribution in [0.2, 0.25) is 0 Å². The third-order valence-corrected chi connectivity index (χ3v) is 5.07. The number of thiazole rings is 1. The lowest BCUT2D eigenvalue weighted by molar-refractivity contribution is -0.114. The third kappa shape index (κ3) is 5.24. The van der Waals surface area contributed by atoms with E-state index in [4.69, 9.17) is 0 Å². The zero-order valence-corrected chi connectivity index (χ0v) is 15.8. The molecule has 3 heterocycles. The number of rotatable bonds is 5. The van der Waals surface area contributed by atoms with Crippen LogP contribution in [0.5, 0.6) is 0 Å². The fourth-order valence-corrected chi connectivity index (χ4v) is 4.18. The van der Waals surface area contributed by atoms with Gasteiger partial charge in [-0.15, -0.1) is 11.3 Å². The fraction of sp³-hybridized carbons (Fsp3) is 0.500. The molecule has 1 aliphatic rings. The van der Waals surface area contributed by atoms with Crippen LogP contribution in [0.1, 0.15) is 36.0 Å². The van der Waals surface area contributed by atoms with Crippen molar-refractivity contribution in [3.63, 3.8) is 0 Å². The Labute approximate surface area is 152 Å². The van der Waals surface area contributed by atoms with Gasteiger partial charge >= 0.3 is 0 Å². The Kier molecular flexibility index (Phi) is 5.65. The molecule has 0 aromatic carbocycles. The van der Waals surface area contributed by atoms with Crippen molar-refractivity contribution < 1.29 is 4.79 Å². The highest BCUT2D eigenvalue weighted by atomic mass is 32.1. The van der Waals surface area contributed by atoms with E-state index in [0.29, 0.717) is 11.2 Å². The number of amides is 1. The number of hydrogen-bond donors (Lipinski definition) is 2. The zero-order chi connectivity index (χ0) is 17.8. The summed E-state index contributed by atoms with van der Waals surface area (Å²) < 4.78 is 0. The minimum atomic E-state index is -0.0777. The fourth-order valence-electron chi connectivity index (χ4n) is 3.28. The molecule has 7 heteroatoms. The maximum atomic E-state index is 11.1. The normalized spacial score (nSPS) is 18.1. The number of hydrogen-bond acceptors (Lipinski definition) is 6. The lowest BCUT2D eigenvalue weighted by Gasteiger charge is -2.33. The molecule has 1 aliphatic heterocycles. The topological polar surface area (TPSA) is 70.2 Å². The Morgan fingerprint density at radius 2 is 2.12 bits per heavy atom. The highest BCUT2D eigenvalue weighted by Gasteiger charge is 2.20. The molecule has 0 bridgehead atoms. The van der Waals surface area contributed by atoms with Gasteiger partial charge in [0.15, 0.2) is 5.13 Å². The predicted octanol–water partition coefficient (Wildman–Crippen LogP) is 3.19. The molecular formula is C18H25N5OS. The van der Waals surface area contributed by atoms with E-state index < -0.39 is 0 Å². The molecule has 134 valence electrons. The summed E-state index contributed by atoms with van der Waals surface area (Å²) in [5, 5.41) is 7.08. The van der Waals surface area contributed by atoms with Crippen molar-refractivity contribution in [2.24, 2.45) is 0 Å². The van der Waals surface area contributed by atoms with Crippen LogP contribution in [0.4, 0.5) is 10.8 Å². The average Bonchev–Trinajstić information content (AvgIpc) is 2.92. The summed E-state index contributed by atoms with van der Waals surface area (Å²) in [6, 6.07) is 4.65. The van der Waals surface area contributed by atoms with Crippen molar-refractivity contribution in [2.45, 2.75) is 46.2 Å². The van der Waals surface area contributed by atoms with Crippen molar-refractivity contribution in [1.82, 2.24) is 14.9 Å². The SMILES string of the molecule is CC(=O)Nc1ncc(CN2CCCC(Nc3cc(C)nc(C)c3)C2)s1. The molecule has 3 rings (SSSR count). The largest absolute Gasteiger partial charge is 0.381 e. The molecule has 6 nitrogen and oxygen atoms in total. The molecule has 0 radical (unpaired) electrons. The number of anilines is 2. The lowest BCUT2D eigenvalue weighted by atomic mass is 10.1. The summed E-state index contributed by atoms with van der Waals surface area (Å²) in [5.74, 6) is -0.0777. The number of aryl methyl sites for hydroxylation is 2. The Hall–Kier alpha value is -1.99. The van der Waals surface area contributed by atoms with E-state index in [2.05, 4.69) is 37.6 Å². The first-order valence-electron chi connectivity index (χ1n) is 8.64. The average molecular weight is 359 g/mol. The highest BCUT2D eigenvalue weighted by Crippen LogP contribution is 2.23. The summed E-state index contributed by atoms with van der Waals surface area (Å²) in [4.78, 5) is 23.4. The summed E-state index contributed by atoms with van der Waals surface area (Å²) in [6.45, 7) is 8.55. The van der Waals surface area contributed by atoms with E-state index in [1.165, 1.54) is 24.6 Å². The molecule has 1 fully saturated rings. The minimum Gasteiger partial charge on any atom is -0.381 e. The van der Waals surface area contributed by atoms with Gasteiger partial charge in [0.25, 0.3) is 0 Å². The molecule has 1 saturated heterocycles. The number of carbonyl (C=O) groups is 1. The van der Waals surface area contributed by atoms with Gasteiger partial charge in [0, 0.05) is 54.2 Å². The smallest absolute Gasteiger partial charge is 0.223 e. The minimum absolute atomic E-state index is 0.0777. The van der Waals surface area contributed by atoms with Crippen LogP contribution in [-0.4, -0.2) is 39.9 Å². The van der Waals surface area contributed by atoms with Crippen molar-refractivity contribution in [3.05, 3.63) is 34.6 Å². The van der Waals surface area contributed by atoms with Crippen LogP contribution in [-0.2, 0) is 11.3 Å². The molecule has 0 spiro atoms. The summed E-state index contributed by atoms with van der Waals surface area (Å²) in [7, 11) is 0. The number of carbonyl (C=O) groups excluding carboxylic acids is 1. The van der Waals surface area contributed by atoms with E-state index in [1.54, 1.807) is 11.3 Å². The van der Waals surface area contributed by atoms with E-state index in [0.717, 1.165) is 36.7 Å². The second kappa shape index (κ2) is 7.93. The Morgan fingerprint density at radius 3 is 2.84 bits per heavy atom. The molecule has 1 atom stereocenters. The Balaban J connectivity index is 1.57. The van der Waals surface area contributed by atoms with Gasteiger partial charge in [0.05, 0.1) is 0 Å². The van der Waals surface area contributed by atoms with Gasteiger partial charge in [-0.3, -0.25) is 14.7 Å². The van der Waals surface area contributed by atoms with E-state index in [-0.39, 0.29) is 5.91 Å². The van der Waals surface area contributed by atoms with Crippen LogP contribution >= 0.6 is 11.3 Å². The quantitative estimate of drug-likeness (QED) is 0.858. The van der Waals surface area contributed by atoms with Crippen LogP contribution in [0, 0.1) is 13.8 Å². The number of nitrogens with zero attached hydrogens (tertiary/aromatic N) is 3.